The molecule has 55 valence electrons. The van der Waals surface area contributed by atoms with E-state index in [0.717, 1.165) is 18.4 Å². The summed E-state index contributed by atoms with van der Waals surface area (Å²) in [6.07, 6.45) is 8.03. The van der Waals surface area contributed by atoms with Crippen LogP contribution in [0.5, 0.6) is 0 Å². The standard InChI is InChI=1S/C9H7FN/c10-9-8-4-2-1-3-7(8)5-6-11-9/h5H,1,3-4H2. The number of hydrogen-bond acceptors (Lipinski definition) is 1. The zero-order valence-corrected chi connectivity index (χ0v) is 6.02. The number of aryl methyl sites for hydroxylation is 1. The molecule has 11 heavy (non-hydrogen) atoms. The van der Waals surface area contributed by atoms with Crippen LogP contribution in [0, 0.1) is 18.6 Å². The molecule has 1 nitrogen and oxygen atoms in total. The highest BCUT2D eigenvalue weighted by Crippen LogP contribution is 2.20. The van der Waals surface area contributed by atoms with Crippen LogP contribution in [0.3, 0.4) is 0 Å². The molecule has 3 radical (unpaired) electrons. The van der Waals surface area contributed by atoms with E-state index in [4.69, 9.17) is 0 Å². The fourth-order valence-corrected chi connectivity index (χ4v) is 1.30. The van der Waals surface area contributed by atoms with Crippen molar-refractivity contribution in [1.29, 1.82) is 0 Å². The molecule has 1 aliphatic rings. The molecular formula is C9H7FN. The summed E-state index contributed by atoms with van der Waals surface area (Å²) in [6, 6.07) is 1.76. The Balaban J connectivity index is 2.49. The van der Waals surface area contributed by atoms with Crippen molar-refractivity contribution in [3.8, 4) is 0 Å². The molecule has 1 aliphatic carbocycles. The molecule has 0 spiro atoms. The van der Waals surface area contributed by atoms with Gasteiger partial charge in [-0.2, -0.15) is 4.39 Å². The third kappa shape index (κ3) is 1.13. The van der Waals surface area contributed by atoms with Crippen molar-refractivity contribution >= 4 is 0 Å². The summed E-state index contributed by atoms with van der Waals surface area (Å²) in [4.78, 5) is 3.46. The molecule has 0 fully saturated rings. The van der Waals surface area contributed by atoms with Crippen molar-refractivity contribution in [3.63, 3.8) is 0 Å². The zero-order chi connectivity index (χ0) is 7.68. The summed E-state index contributed by atoms with van der Waals surface area (Å²) in [5, 5.41) is 0. The van der Waals surface area contributed by atoms with Gasteiger partial charge in [-0.3, -0.25) is 0 Å². The Hall–Kier alpha value is -0.920. The second kappa shape index (κ2) is 2.61. The maximum Gasteiger partial charge on any atom is 0.216 e. The first kappa shape index (κ1) is 6.77. The molecule has 2 heteroatoms. The van der Waals surface area contributed by atoms with E-state index in [1.807, 2.05) is 0 Å². The Morgan fingerprint density at radius 2 is 2.45 bits per heavy atom. The predicted octanol–water partition coefficient (Wildman–Crippen LogP) is 1.59. The van der Waals surface area contributed by atoms with Gasteiger partial charge in [-0.25, -0.2) is 4.98 Å². The Labute approximate surface area is 65.3 Å². The van der Waals surface area contributed by atoms with Crippen LogP contribution in [0.2, 0.25) is 0 Å². The molecule has 0 aromatic carbocycles. The lowest BCUT2D eigenvalue weighted by Crippen LogP contribution is -2.06. The van der Waals surface area contributed by atoms with Crippen molar-refractivity contribution < 1.29 is 4.39 Å². The average Bonchev–Trinajstić information content (AvgIpc) is 2.06. The van der Waals surface area contributed by atoms with E-state index in [0.29, 0.717) is 12.0 Å². The molecule has 1 heterocycles. The average molecular weight is 148 g/mol. The van der Waals surface area contributed by atoms with Gasteiger partial charge < -0.3 is 0 Å². The number of pyridine rings is 1. The largest absolute Gasteiger partial charge is 0.218 e. The summed E-state index contributed by atoms with van der Waals surface area (Å²) in [5.74, 6) is -0.380. The molecule has 0 aliphatic heterocycles. The maximum atomic E-state index is 12.9. The van der Waals surface area contributed by atoms with Gasteiger partial charge in [-0.1, -0.05) is 0 Å². The van der Waals surface area contributed by atoms with Crippen LogP contribution in [0.15, 0.2) is 6.07 Å². The van der Waals surface area contributed by atoms with Crippen LogP contribution in [0.1, 0.15) is 17.5 Å². The van der Waals surface area contributed by atoms with Crippen LogP contribution in [-0.4, -0.2) is 4.98 Å². The van der Waals surface area contributed by atoms with Gasteiger partial charge in [0.15, 0.2) is 0 Å². The second-order valence-corrected chi connectivity index (χ2v) is 2.61. The first-order valence-corrected chi connectivity index (χ1v) is 3.63. The fraction of sp³-hybridized carbons (Fsp3) is 0.333. The number of aromatic nitrogens is 1. The SMILES string of the molecule is Fc1n[c]cc2c1C[C]CC2. The first-order valence-electron chi connectivity index (χ1n) is 3.63. The lowest BCUT2D eigenvalue weighted by Gasteiger charge is -2.13. The van der Waals surface area contributed by atoms with Crippen molar-refractivity contribution in [2.45, 2.75) is 19.3 Å². The van der Waals surface area contributed by atoms with Crippen molar-refractivity contribution in [1.82, 2.24) is 4.98 Å². The molecule has 0 N–H and O–H groups in total. The summed E-state index contributed by atoms with van der Waals surface area (Å²) >= 11 is 0. The summed E-state index contributed by atoms with van der Waals surface area (Å²) in [5.41, 5.74) is 1.74. The number of nitrogens with zero attached hydrogens (tertiary/aromatic N) is 1. The van der Waals surface area contributed by atoms with E-state index in [1.165, 1.54) is 0 Å². The highest BCUT2D eigenvalue weighted by molar-refractivity contribution is 5.28. The van der Waals surface area contributed by atoms with Gasteiger partial charge in [0.05, 0.1) is 6.20 Å². The molecule has 0 saturated carbocycles. The van der Waals surface area contributed by atoms with Crippen LogP contribution < -0.4 is 0 Å². The molecule has 0 saturated heterocycles. The Bertz CT molecular complexity index is 270. The highest BCUT2D eigenvalue weighted by Gasteiger charge is 2.13. The fourth-order valence-electron chi connectivity index (χ4n) is 1.30. The van der Waals surface area contributed by atoms with Gasteiger partial charge in [0.1, 0.15) is 0 Å². The number of halogens is 1. The Morgan fingerprint density at radius 1 is 1.55 bits per heavy atom. The van der Waals surface area contributed by atoms with Crippen molar-refractivity contribution in [2.75, 3.05) is 0 Å². The number of fused-ring (bicyclic) bond motifs is 1. The molecule has 1 aromatic rings. The van der Waals surface area contributed by atoms with Gasteiger partial charge in [-0.15, -0.1) is 0 Å². The van der Waals surface area contributed by atoms with Gasteiger partial charge in [0.25, 0.3) is 0 Å². The highest BCUT2D eigenvalue weighted by atomic mass is 19.1. The van der Waals surface area contributed by atoms with Gasteiger partial charge >= 0.3 is 0 Å². The second-order valence-electron chi connectivity index (χ2n) is 2.61. The lowest BCUT2D eigenvalue weighted by atomic mass is 9.93. The minimum absolute atomic E-state index is 0.380. The third-order valence-corrected chi connectivity index (χ3v) is 1.91. The zero-order valence-electron chi connectivity index (χ0n) is 6.02. The topological polar surface area (TPSA) is 12.9 Å². The van der Waals surface area contributed by atoms with E-state index >= 15 is 0 Å². The van der Waals surface area contributed by atoms with Crippen LogP contribution in [0.4, 0.5) is 4.39 Å². The monoisotopic (exact) mass is 148 g/mol. The normalized spacial score (nSPS) is 16.1. The molecular weight excluding hydrogens is 141 g/mol. The van der Waals surface area contributed by atoms with E-state index in [1.54, 1.807) is 6.07 Å². The summed E-state index contributed by atoms with van der Waals surface area (Å²) in [7, 11) is 0. The van der Waals surface area contributed by atoms with Crippen LogP contribution in [0.25, 0.3) is 0 Å². The quantitative estimate of drug-likeness (QED) is 0.509. The first-order chi connectivity index (χ1) is 5.38. The maximum absolute atomic E-state index is 12.9. The molecule has 0 atom stereocenters. The molecule has 0 unspecified atom stereocenters. The van der Waals surface area contributed by atoms with E-state index in [9.17, 15) is 4.39 Å². The molecule has 2 rings (SSSR count). The van der Waals surface area contributed by atoms with Crippen LogP contribution >= 0.6 is 0 Å². The van der Waals surface area contributed by atoms with Gasteiger partial charge in [0, 0.05) is 5.56 Å². The predicted molar refractivity (Wildman–Crippen MR) is 38.3 cm³/mol. The van der Waals surface area contributed by atoms with Crippen molar-refractivity contribution in [3.05, 3.63) is 35.8 Å². The van der Waals surface area contributed by atoms with Gasteiger partial charge in [-0.05, 0) is 37.3 Å². The molecule has 0 amide bonds. The Morgan fingerprint density at radius 3 is 3.27 bits per heavy atom. The molecule has 0 bridgehead atoms. The van der Waals surface area contributed by atoms with E-state index in [2.05, 4.69) is 17.6 Å². The van der Waals surface area contributed by atoms with Crippen LogP contribution in [-0.2, 0) is 12.8 Å². The van der Waals surface area contributed by atoms with Gasteiger partial charge in [0.2, 0.25) is 5.95 Å². The minimum atomic E-state index is -0.380. The summed E-state index contributed by atoms with van der Waals surface area (Å²) < 4.78 is 12.9. The minimum Gasteiger partial charge on any atom is -0.218 e. The Kier molecular flexibility index (Phi) is 1.60. The third-order valence-electron chi connectivity index (χ3n) is 1.91. The molecule has 1 aromatic heterocycles. The van der Waals surface area contributed by atoms with Crippen molar-refractivity contribution in [2.24, 2.45) is 0 Å². The summed E-state index contributed by atoms with van der Waals surface area (Å²) in [6.45, 7) is 0. The lowest BCUT2D eigenvalue weighted by molar-refractivity contribution is 0.558. The smallest absolute Gasteiger partial charge is 0.216 e. The number of hydrogen-bond donors (Lipinski definition) is 0. The van der Waals surface area contributed by atoms with E-state index in [-0.39, 0.29) is 5.95 Å². The van der Waals surface area contributed by atoms with E-state index < -0.39 is 0 Å². The number of rotatable bonds is 0.